The summed E-state index contributed by atoms with van der Waals surface area (Å²) in [5.74, 6) is 0.656. The van der Waals surface area contributed by atoms with E-state index in [0.717, 1.165) is 69.6 Å². The number of hydrogen-bond donors (Lipinski definition) is 0. The summed E-state index contributed by atoms with van der Waals surface area (Å²) >= 11 is 0. The first-order chi connectivity index (χ1) is 25.7. The Bertz CT molecular complexity index is 809. The van der Waals surface area contributed by atoms with Gasteiger partial charge in [-0.3, -0.25) is 14.4 Å². The first kappa shape index (κ1) is 51.4. The number of rotatable bonds is 41. The van der Waals surface area contributed by atoms with Crippen LogP contribution >= 0.6 is 0 Å². The van der Waals surface area contributed by atoms with E-state index < -0.39 is 6.10 Å². The Kier molecular flexibility index (Phi) is 38.9. The van der Waals surface area contributed by atoms with Gasteiger partial charge in [-0.25, -0.2) is 0 Å². The van der Waals surface area contributed by atoms with Crippen LogP contribution in [-0.4, -0.2) is 37.2 Å². The third kappa shape index (κ3) is 41.4. The van der Waals surface area contributed by atoms with E-state index >= 15 is 0 Å². The van der Waals surface area contributed by atoms with Crippen molar-refractivity contribution in [2.24, 2.45) is 11.8 Å². The van der Waals surface area contributed by atoms with Crippen molar-refractivity contribution in [3.8, 4) is 0 Å². The van der Waals surface area contributed by atoms with Gasteiger partial charge >= 0.3 is 17.9 Å². The van der Waals surface area contributed by atoms with E-state index in [0.29, 0.717) is 19.3 Å². The number of ether oxygens (including phenoxy) is 3. The zero-order chi connectivity index (χ0) is 39.0. The zero-order valence-electron chi connectivity index (χ0n) is 36.1. The van der Waals surface area contributed by atoms with Crippen LogP contribution in [0.4, 0.5) is 0 Å². The quantitative estimate of drug-likeness (QED) is 0.0352. The summed E-state index contributed by atoms with van der Waals surface area (Å²) in [6.45, 7) is 11.2. The molecule has 6 nitrogen and oxygen atoms in total. The first-order valence-electron chi connectivity index (χ1n) is 23.2. The van der Waals surface area contributed by atoms with Crippen LogP contribution in [0.2, 0.25) is 0 Å². The van der Waals surface area contributed by atoms with Gasteiger partial charge < -0.3 is 14.2 Å². The molecule has 0 N–H and O–H groups in total. The van der Waals surface area contributed by atoms with Crippen molar-refractivity contribution in [3.63, 3.8) is 0 Å². The summed E-state index contributed by atoms with van der Waals surface area (Å²) in [4.78, 5) is 37.6. The maximum absolute atomic E-state index is 12.7. The normalized spacial score (nSPS) is 12.1. The summed E-state index contributed by atoms with van der Waals surface area (Å²) in [6, 6.07) is 0. The molecule has 0 fully saturated rings. The van der Waals surface area contributed by atoms with Crippen molar-refractivity contribution in [2.45, 2.75) is 259 Å². The van der Waals surface area contributed by atoms with Gasteiger partial charge in [0.25, 0.3) is 0 Å². The molecular weight excluding hydrogens is 661 g/mol. The van der Waals surface area contributed by atoms with E-state index in [9.17, 15) is 14.4 Å². The number of unbranched alkanes of at least 4 members (excludes halogenated alkanes) is 26. The second-order valence-electron chi connectivity index (χ2n) is 17.0. The smallest absolute Gasteiger partial charge is 0.306 e. The van der Waals surface area contributed by atoms with Crippen molar-refractivity contribution < 1.29 is 28.6 Å². The second kappa shape index (κ2) is 40.1. The summed E-state index contributed by atoms with van der Waals surface area (Å²) in [7, 11) is 0. The van der Waals surface area contributed by atoms with Crippen LogP contribution in [-0.2, 0) is 28.6 Å². The Labute approximate surface area is 329 Å². The van der Waals surface area contributed by atoms with Gasteiger partial charge in [-0.15, -0.1) is 0 Å². The molecule has 0 saturated carbocycles. The van der Waals surface area contributed by atoms with Gasteiger partial charge in [0, 0.05) is 19.3 Å². The summed E-state index contributed by atoms with van der Waals surface area (Å²) in [5.41, 5.74) is 0. The molecule has 53 heavy (non-hydrogen) atoms. The maximum Gasteiger partial charge on any atom is 0.306 e. The SMILES string of the molecule is CCCCCCCCCCCCCCCCCCCC(=O)OC[C@H](COC(=O)CCCCCCCCC(C)C)OC(=O)CCCCCCCCC(C)C. The van der Waals surface area contributed by atoms with Crippen molar-refractivity contribution in [2.75, 3.05) is 13.2 Å². The highest BCUT2D eigenvalue weighted by molar-refractivity contribution is 5.71. The molecule has 1 atom stereocenters. The van der Waals surface area contributed by atoms with E-state index in [-0.39, 0.29) is 31.1 Å². The Morgan fingerprint density at radius 3 is 0.925 bits per heavy atom. The van der Waals surface area contributed by atoms with Crippen LogP contribution in [0.15, 0.2) is 0 Å². The van der Waals surface area contributed by atoms with E-state index in [4.69, 9.17) is 14.2 Å². The molecule has 0 saturated heterocycles. The van der Waals surface area contributed by atoms with Crippen molar-refractivity contribution in [1.29, 1.82) is 0 Å². The van der Waals surface area contributed by atoms with Gasteiger partial charge in [0.2, 0.25) is 0 Å². The minimum absolute atomic E-state index is 0.0664. The minimum atomic E-state index is -0.761. The molecule has 0 aliphatic rings. The summed E-state index contributed by atoms with van der Waals surface area (Å²) in [5, 5.41) is 0. The van der Waals surface area contributed by atoms with E-state index in [1.807, 2.05) is 0 Å². The minimum Gasteiger partial charge on any atom is -0.462 e. The monoisotopic (exact) mass is 751 g/mol. The molecule has 0 rings (SSSR count). The van der Waals surface area contributed by atoms with E-state index in [2.05, 4.69) is 34.6 Å². The molecule has 0 aromatic heterocycles. The van der Waals surface area contributed by atoms with Crippen LogP contribution < -0.4 is 0 Å². The summed E-state index contributed by atoms with van der Waals surface area (Å²) in [6.07, 6.45) is 38.3. The van der Waals surface area contributed by atoms with Gasteiger partial charge in [-0.1, -0.05) is 214 Å². The Balaban J connectivity index is 4.23. The Morgan fingerprint density at radius 2 is 0.623 bits per heavy atom. The maximum atomic E-state index is 12.7. The van der Waals surface area contributed by atoms with Gasteiger partial charge in [0.05, 0.1) is 0 Å². The number of carbonyl (C=O) groups is 3. The van der Waals surface area contributed by atoms with Crippen molar-refractivity contribution >= 4 is 17.9 Å². The van der Waals surface area contributed by atoms with Crippen LogP contribution in [0.5, 0.6) is 0 Å². The predicted octanol–water partition coefficient (Wildman–Crippen LogP) is 14.6. The molecular formula is C47H90O6. The molecule has 6 heteroatoms. The predicted molar refractivity (Wildman–Crippen MR) is 224 cm³/mol. The fourth-order valence-corrected chi connectivity index (χ4v) is 6.93. The molecule has 314 valence electrons. The van der Waals surface area contributed by atoms with Gasteiger partial charge in [-0.05, 0) is 31.1 Å². The topological polar surface area (TPSA) is 78.9 Å². The second-order valence-corrected chi connectivity index (χ2v) is 17.0. The molecule has 0 bridgehead atoms. The first-order valence-corrected chi connectivity index (χ1v) is 23.2. The molecule has 0 unspecified atom stereocenters. The molecule has 0 aromatic carbocycles. The molecule has 0 spiro atoms. The lowest BCUT2D eigenvalue weighted by Gasteiger charge is -2.18. The number of carbonyl (C=O) groups excluding carboxylic acids is 3. The van der Waals surface area contributed by atoms with Crippen molar-refractivity contribution in [3.05, 3.63) is 0 Å². The molecule has 0 heterocycles. The molecule has 0 aromatic rings. The van der Waals surface area contributed by atoms with Crippen LogP contribution in [0.1, 0.15) is 253 Å². The molecule has 0 aliphatic heterocycles. The van der Waals surface area contributed by atoms with Gasteiger partial charge in [-0.2, -0.15) is 0 Å². The Morgan fingerprint density at radius 1 is 0.358 bits per heavy atom. The standard InChI is InChI=1S/C47H90O6/c1-6-7-8-9-10-11-12-13-14-15-16-17-18-19-20-27-32-37-45(48)51-40-44(53-47(50)39-34-29-24-22-26-31-36-43(4)5)41-52-46(49)38-33-28-23-21-25-30-35-42(2)3/h42-44H,6-41H2,1-5H3/t44-/m1/s1. The van der Waals surface area contributed by atoms with E-state index in [1.165, 1.54) is 141 Å². The van der Waals surface area contributed by atoms with Crippen LogP contribution in [0.3, 0.4) is 0 Å². The van der Waals surface area contributed by atoms with Crippen LogP contribution in [0, 0.1) is 11.8 Å². The van der Waals surface area contributed by atoms with Gasteiger partial charge in [0.15, 0.2) is 6.10 Å². The highest BCUT2D eigenvalue weighted by Gasteiger charge is 2.19. The fraction of sp³-hybridized carbons (Fsp3) is 0.936. The summed E-state index contributed by atoms with van der Waals surface area (Å²) < 4.78 is 16.7. The molecule has 0 amide bonds. The van der Waals surface area contributed by atoms with E-state index in [1.54, 1.807) is 0 Å². The molecule has 0 radical (unpaired) electrons. The third-order valence-electron chi connectivity index (χ3n) is 10.5. The molecule has 0 aliphatic carbocycles. The fourth-order valence-electron chi connectivity index (χ4n) is 6.93. The highest BCUT2D eigenvalue weighted by atomic mass is 16.6. The Hall–Kier alpha value is -1.59. The lowest BCUT2D eigenvalue weighted by atomic mass is 10.0. The lowest BCUT2D eigenvalue weighted by molar-refractivity contribution is -0.167. The highest BCUT2D eigenvalue weighted by Crippen LogP contribution is 2.16. The largest absolute Gasteiger partial charge is 0.462 e. The average molecular weight is 751 g/mol. The third-order valence-corrected chi connectivity index (χ3v) is 10.5. The van der Waals surface area contributed by atoms with Crippen LogP contribution in [0.25, 0.3) is 0 Å². The van der Waals surface area contributed by atoms with Crippen molar-refractivity contribution in [1.82, 2.24) is 0 Å². The number of hydrogen-bond acceptors (Lipinski definition) is 6. The number of esters is 3. The average Bonchev–Trinajstić information content (AvgIpc) is 3.12. The zero-order valence-corrected chi connectivity index (χ0v) is 36.1. The lowest BCUT2D eigenvalue weighted by Crippen LogP contribution is -2.30. The van der Waals surface area contributed by atoms with Gasteiger partial charge in [0.1, 0.15) is 13.2 Å².